The molecule has 5 heterocycles. The van der Waals surface area contributed by atoms with Crippen molar-refractivity contribution in [1.29, 1.82) is 0 Å². The van der Waals surface area contributed by atoms with Gasteiger partial charge in [0.1, 0.15) is 5.58 Å². The fourth-order valence-electron chi connectivity index (χ4n) is 7.86. The molecule has 0 atom stereocenters. The lowest BCUT2D eigenvalue weighted by Crippen LogP contribution is -2.09. The monoisotopic (exact) mass is 743 g/mol. The number of anilines is 3. The van der Waals surface area contributed by atoms with E-state index in [4.69, 9.17) is 24.4 Å². The Kier molecular flexibility index (Phi) is 8.04. The van der Waals surface area contributed by atoms with E-state index in [-0.39, 0.29) is 0 Å². The summed E-state index contributed by atoms with van der Waals surface area (Å²) in [5.74, 6) is 0. The molecule has 0 radical (unpaired) electrons. The molecule has 6 nitrogen and oxygen atoms in total. The minimum absolute atomic E-state index is 0.783. The Morgan fingerprint density at radius 3 is 1.83 bits per heavy atom. The topological polar surface area (TPSA) is 67.9 Å². The summed E-state index contributed by atoms with van der Waals surface area (Å²) in [6, 6.07) is 63.0. The number of rotatable bonds is 7. The first kappa shape index (κ1) is 33.4. The van der Waals surface area contributed by atoms with Gasteiger partial charge in [-0.1, -0.05) is 109 Å². The summed E-state index contributed by atoms with van der Waals surface area (Å²) < 4.78 is 6.05. The molecule has 0 spiro atoms. The van der Waals surface area contributed by atoms with Crippen LogP contribution in [0, 0.1) is 0 Å². The molecule has 0 saturated carbocycles. The zero-order valence-electron chi connectivity index (χ0n) is 31.2. The van der Waals surface area contributed by atoms with Crippen LogP contribution in [-0.2, 0) is 0 Å². The molecule has 0 fully saturated rings. The largest absolute Gasteiger partial charge is 0.454 e. The smallest absolute Gasteiger partial charge is 0.153 e. The van der Waals surface area contributed by atoms with Crippen LogP contribution in [0.3, 0.4) is 0 Å². The van der Waals surface area contributed by atoms with Gasteiger partial charge in [0.05, 0.1) is 34.3 Å². The average molecular weight is 744 g/mol. The van der Waals surface area contributed by atoms with Crippen LogP contribution >= 0.6 is 0 Å². The first-order valence-corrected chi connectivity index (χ1v) is 19.3. The summed E-state index contributed by atoms with van der Waals surface area (Å²) in [6.07, 6.45) is 5.60. The number of fused-ring (bicyclic) bond motifs is 5. The van der Waals surface area contributed by atoms with Crippen LogP contribution in [0.25, 0.3) is 88.6 Å². The molecular formula is C52H33N5O. The maximum absolute atomic E-state index is 6.05. The molecule has 11 rings (SSSR count). The van der Waals surface area contributed by atoms with E-state index in [9.17, 15) is 0 Å². The van der Waals surface area contributed by atoms with Gasteiger partial charge >= 0.3 is 0 Å². The van der Waals surface area contributed by atoms with Gasteiger partial charge in [0, 0.05) is 73.3 Å². The first-order chi connectivity index (χ1) is 28.7. The average Bonchev–Trinajstić information content (AvgIpc) is 3.68. The van der Waals surface area contributed by atoms with Crippen molar-refractivity contribution in [2.45, 2.75) is 0 Å². The Bertz CT molecular complexity index is 3270. The van der Waals surface area contributed by atoms with Crippen LogP contribution in [0.2, 0.25) is 0 Å². The normalized spacial score (nSPS) is 11.4. The second kappa shape index (κ2) is 14.0. The molecule has 0 bridgehead atoms. The second-order valence-electron chi connectivity index (χ2n) is 14.4. The molecule has 6 aromatic carbocycles. The molecule has 0 aliphatic rings. The van der Waals surface area contributed by atoms with E-state index in [1.807, 2.05) is 73.2 Å². The van der Waals surface area contributed by atoms with E-state index < -0.39 is 0 Å². The summed E-state index contributed by atoms with van der Waals surface area (Å²) in [6.45, 7) is 0. The number of aromatic nitrogens is 4. The van der Waals surface area contributed by atoms with Crippen LogP contribution in [0.15, 0.2) is 205 Å². The number of hydrogen-bond donors (Lipinski definition) is 0. The van der Waals surface area contributed by atoms with Crippen molar-refractivity contribution in [3.05, 3.63) is 201 Å². The highest BCUT2D eigenvalue weighted by atomic mass is 16.3. The van der Waals surface area contributed by atoms with Crippen molar-refractivity contribution in [2.24, 2.45) is 0 Å². The number of benzene rings is 6. The first-order valence-electron chi connectivity index (χ1n) is 19.3. The maximum Gasteiger partial charge on any atom is 0.153 e. The maximum atomic E-state index is 6.05. The van der Waals surface area contributed by atoms with Crippen molar-refractivity contribution >= 4 is 60.8 Å². The van der Waals surface area contributed by atoms with Gasteiger partial charge in [-0.2, -0.15) is 0 Å². The number of nitrogens with zero attached hydrogens (tertiary/aromatic N) is 5. The van der Waals surface area contributed by atoms with Gasteiger partial charge in [0.2, 0.25) is 0 Å². The van der Waals surface area contributed by atoms with Crippen molar-refractivity contribution in [2.75, 3.05) is 4.90 Å². The summed E-state index contributed by atoms with van der Waals surface area (Å²) in [5, 5.41) is 4.31. The van der Waals surface area contributed by atoms with E-state index in [2.05, 4.69) is 132 Å². The van der Waals surface area contributed by atoms with Gasteiger partial charge in [-0.15, -0.1) is 0 Å². The third-order valence-electron chi connectivity index (χ3n) is 10.8. The third-order valence-corrected chi connectivity index (χ3v) is 10.8. The highest BCUT2D eigenvalue weighted by Crippen LogP contribution is 2.39. The quantitative estimate of drug-likeness (QED) is 0.162. The van der Waals surface area contributed by atoms with Crippen LogP contribution < -0.4 is 4.90 Å². The molecule has 0 saturated heterocycles. The van der Waals surface area contributed by atoms with E-state index >= 15 is 0 Å². The minimum Gasteiger partial charge on any atom is -0.454 e. The Morgan fingerprint density at radius 2 is 1.05 bits per heavy atom. The molecule has 5 aromatic heterocycles. The fourth-order valence-corrected chi connectivity index (χ4v) is 7.86. The van der Waals surface area contributed by atoms with Crippen LogP contribution in [0.4, 0.5) is 17.1 Å². The molecule has 0 amide bonds. The predicted molar refractivity (Wildman–Crippen MR) is 236 cm³/mol. The Balaban J connectivity index is 0.979. The van der Waals surface area contributed by atoms with Crippen LogP contribution in [0.5, 0.6) is 0 Å². The highest BCUT2D eigenvalue weighted by molar-refractivity contribution is 6.05. The lowest BCUT2D eigenvalue weighted by Gasteiger charge is -2.26. The van der Waals surface area contributed by atoms with Gasteiger partial charge in [0.15, 0.2) is 5.58 Å². The molecular weight excluding hydrogens is 711 g/mol. The molecule has 58 heavy (non-hydrogen) atoms. The molecule has 0 aliphatic heterocycles. The number of furan rings is 1. The second-order valence-corrected chi connectivity index (χ2v) is 14.4. The van der Waals surface area contributed by atoms with Crippen molar-refractivity contribution in [3.63, 3.8) is 0 Å². The predicted octanol–water partition coefficient (Wildman–Crippen LogP) is 13.6. The molecule has 6 heteroatoms. The Hall–Kier alpha value is -7.96. The van der Waals surface area contributed by atoms with Crippen LogP contribution in [-0.4, -0.2) is 19.9 Å². The van der Waals surface area contributed by atoms with E-state index in [0.717, 1.165) is 106 Å². The lowest BCUT2D eigenvalue weighted by atomic mass is 10.0. The Labute approximate surface area is 334 Å². The van der Waals surface area contributed by atoms with E-state index in [1.165, 1.54) is 0 Å². The third kappa shape index (κ3) is 6.01. The van der Waals surface area contributed by atoms with E-state index in [1.54, 1.807) is 0 Å². The van der Waals surface area contributed by atoms with Crippen molar-refractivity contribution in [1.82, 2.24) is 19.9 Å². The van der Waals surface area contributed by atoms with Gasteiger partial charge in [-0.25, -0.2) is 4.98 Å². The van der Waals surface area contributed by atoms with Crippen molar-refractivity contribution < 1.29 is 4.42 Å². The zero-order valence-corrected chi connectivity index (χ0v) is 31.2. The highest BCUT2D eigenvalue weighted by Gasteiger charge is 2.17. The molecule has 0 aliphatic carbocycles. The molecule has 272 valence electrons. The van der Waals surface area contributed by atoms with Crippen molar-refractivity contribution in [3.8, 4) is 44.9 Å². The Morgan fingerprint density at radius 1 is 0.397 bits per heavy atom. The lowest BCUT2D eigenvalue weighted by molar-refractivity contribution is 0.667. The molecule has 11 aromatic rings. The van der Waals surface area contributed by atoms with Gasteiger partial charge < -0.3 is 9.32 Å². The number of pyridine rings is 4. The SMILES string of the molecule is c1ccc(-c2nc(-c3ccc(N(c4ccc(-c5cnc6ccccc6c5)cc4)c4ccc(-c5cc6c(cn5)oc5ccccc56)cc4)cc3)cc3cccnc23)cc1. The van der Waals surface area contributed by atoms with Gasteiger partial charge in [-0.05, 0) is 78.4 Å². The number of hydrogen-bond acceptors (Lipinski definition) is 6. The minimum atomic E-state index is 0.783. The van der Waals surface area contributed by atoms with Gasteiger partial charge in [-0.3, -0.25) is 15.0 Å². The number of para-hydroxylation sites is 2. The summed E-state index contributed by atoms with van der Waals surface area (Å²) >= 11 is 0. The van der Waals surface area contributed by atoms with Gasteiger partial charge in [0.25, 0.3) is 0 Å². The summed E-state index contributed by atoms with van der Waals surface area (Å²) in [5.41, 5.74) is 14.5. The van der Waals surface area contributed by atoms with Crippen LogP contribution in [0.1, 0.15) is 0 Å². The standard InChI is InChI=1S/C52H33N5O/c1-2-9-37(10-3-1)52-51-39(12-8-28-53-51)30-48(56-52)36-20-26-43(27-21-36)57(41-22-16-34(17-23-41)40-29-38-11-4-6-14-46(38)54-32-40)42-24-18-35(19-25-42)47-31-45-44-13-5-7-15-49(44)58-50(45)33-55-47/h1-33H. The molecule has 0 unspecified atom stereocenters. The molecule has 0 N–H and O–H groups in total. The van der Waals surface area contributed by atoms with E-state index in [0.29, 0.717) is 0 Å². The fraction of sp³-hybridized carbons (Fsp3) is 0. The summed E-state index contributed by atoms with van der Waals surface area (Å²) in [7, 11) is 0. The zero-order chi connectivity index (χ0) is 38.4. The summed E-state index contributed by atoms with van der Waals surface area (Å²) in [4.78, 5) is 21.6.